The Hall–Kier alpha value is -2.96. The first kappa shape index (κ1) is 22.2. The Balaban J connectivity index is 1.40. The van der Waals surface area contributed by atoms with Crippen LogP contribution in [0.15, 0.2) is 73.1 Å². The van der Waals surface area contributed by atoms with Crippen LogP contribution >= 0.6 is 0 Å². The average molecular weight is 433 g/mol. The number of carbonyl (C=O) groups excluding carboxylic acids is 1. The van der Waals surface area contributed by atoms with Gasteiger partial charge >= 0.3 is 0 Å². The number of morpholine rings is 1. The lowest BCUT2D eigenvalue weighted by molar-refractivity contribution is -0.134. The standard InChI is InChI=1S/C26H32N4O2/c1-22(19-28-14-16-32-17-15-28)29(20-23-8-4-2-5-9-23)26(31)13-12-24-18-27-30(21-24)25-10-6-3-7-11-25/h2-11,18,21-22H,12-17,19-20H2,1H3. The Morgan fingerprint density at radius 1 is 1.03 bits per heavy atom. The first-order valence-corrected chi connectivity index (χ1v) is 11.4. The number of rotatable bonds is 9. The second-order valence-electron chi connectivity index (χ2n) is 8.40. The highest BCUT2D eigenvalue weighted by Gasteiger charge is 2.23. The van der Waals surface area contributed by atoms with E-state index in [2.05, 4.69) is 29.1 Å². The lowest BCUT2D eigenvalue weighted by Gasteiger charge is -2.35. The zero-order chi connectivity index (χ0) is 22.2. The van der Waals surface area contributed by atoms with Crippen molar-refractivity contribution in [2.24, 2.45) is 0 Å². The molecule has 0 spiro atoms. The van der Waals surface area contributed by atoms with Gasteiger partial charge in [0.05, 0.1) is 25.1 Å². The maximum atomic E-state index is 13.3. The summed E-state index contributed by atoms with van der Waals surface area (Å²) in [6, 6.07) is 20.4. The summed E-state index contributed by atoms with van der Waals surface area (Å²) < 4.78 is 7.34. The fourth-order valence-corrected chi connectivity index (χ4v) is 4.13. The van der Waals surface area contributed by atoms with Gasteiger partial charge in [0, 0.05) is 44.8 Å². The molecule has 0 aliphatic carbocycles. The molecule has 3 aromatic rings. The number of ether oxygens (including phenoxy) is 1. The van der Waals surface area contributed by atoms with Crippen LogP contribution in [0.2, 0.25) is 0 Å². The van der Waals surface area contributed by atoms with Gasteiger partial charge < -0.3 is 9.64 Å². The lowest BCUT2D eigenvalue weighted by Crippen LogP contribution is -2.48. The number of nitrogens with zero attached hydrogens (tertiary/aromatic N) is 4. The maximum Gasteiger partial charge on any atom is 0.223 e. The van der Waals surface area contributed by atoms with Gasteiger partial charge in [0.2, 0.25) is 5.91 Å². The number of aromatic nitrogens is 2. The van der Waals surface area contributed by atoms with E-state index in [0.29, 0.717) is 19.4 Å². The predicted molar refractivity (Wildman–Crippen MR) is 126 cm³/mol. The first-order chi connectivity index (χ1) is 15.7. The Bertz CT molecular complexity index is 968. The van der Waals surface area contributed by atoms with Gasteiger partial charge in [-0.1, -0.05) is 48.5 Å². The minimum atomic E-state index is 0.132. The highest BCUT2D eigenvalue weighted by molar-refractivity contribution is 5.76. The molecule has 0 N–H and O–H groups in total. The highest BCUT2D eigenvalue weighted by Crippen LogP contribution is 2.15. The van der Waals surface area contributed by atoms with Crippen LogP contribution in [0.4, 0.5) is 0 Å². The number of hydrogen-bond donors (Lipinski definition) is 0. The number of carbonyl (C=O) groups is 1. The van der Waals surface area contributed by atoms with Crippen molar-refractivity contribution in [2.45, 2.75) is 32.4 Å². The predicted octanol–water partition coefficient (Wildman–Crippen LogP) is 3.55. The Morgan fingerprint density at radius 3 is 2.44 bits per heavy atom. The zero-order valence-electron chi connectivity index (χ0n) is 18.8. The smallest absolute Gasteiger partial charge is 0.223 e. The Morgan fingerprint density at radius 2 is 1.72 bits per heavy atom. The van der Waals surface area contributed by atoms with Crippen molar-refractivity contribution >= 4 is 5.91 Å². The molecule has 1 unspecified atom stereocenters. The van der Waals surface area contributed by atoms with E-state index in [-0.39, 0.29) is 11.9 Å². The molecule has 4 rings (SSSR count). The van der Waals surface area contributed by atoms with Crippen LogP contribution in [-0.2, 0) is 22.5 Å². The van der Waals surface area contributed by atoms with E-state index in [4.69, 9.17) is 4.74 Å². The van der Waals surface area contributed by atoms with Crippen LogP contribution in [-0.4, -0.2) is 64.4 Å². The number of aryl methyl sites for hydroxylation is 1. The molecular formula is C26H32N4O2. The summed E-state index contributed by atoms with van der Waals surface area (Å²) in [7, 11) is 0. The molecule has 1 aromatic heterocycles. The van der Waals surface area contributed by atoms with E-state index in [9.17, 15) is 4.79 Å². The molecule has 0 radical (unpaired) electrons. The number of para-hydroxylation sites is 1. The molecule has 1 aliphatic heterocycles. The monoisotopic (exact) mass is 432 g/mol. The van der Waals surface area contributed by atoms with Crippen molar-refractivity contribution in [3.63, 3.8) is 0 Å². The summed E-state index contributed by atoms with van der Waals surface area (Å²) in [5, 5.41) is 4.46. The van der Waals surface area contributed by atoms with Crippen molar-refractivity contribution in [1.82, 2.24) is 19.6 Å². The molecule has 1 amide bonds. The summed E-state index contributed by atoms with van der Waals surface area (Å²) in [4.78, 5) is 17.8. The SMILES string of the molecule is CC(CN1CCOCC1)N(Cc1ccccc1)C(=O)CCc1cnn(-c2ccccc2)c1. The van der Waals surface area contributed by atoms with Crippen molar-refractivity contribution in [3.8, 4) is 5.69 Å². The van der Waals surface area contributed by atoms with Gasteiger partial charge in [-0.25, -0.2) is 4.68 Å². The van der Waals surface area contributed by atoms with Gasteiger partial charge in [-0.3, -0.25) is 9.69 Å². The van der Waals surface area contributed by atoms with E-state index < -0.39 is 0 Å². The first-order valence-electron chi connectivity index (χ1n) is 11.4. The van der Waals surface area contributed by atoms with E-state index >= 15 is 0 Å². The molecule has 1 saturated heterocycles. The highest BCUT2D eigenvalue weighted by atomic mass is 16.5. The van der Waals surface area contributed by atoms with Gasteiger partial charge in [-0.05, 0) is 36.6 Å². The quantitative estimate of drug-likeness (QED) is 0.519. The zero-order valence-corrected chi connectivity index (χ0v) is 18.8. The van der Waals surface area contributed by atoms with E-state index in [1.807, 2.05) is 70.5 Å². The largest absolute Gasteiger partial charge is 0.379 e. The molecule has 0 saturated carbocycles. The molecule has 1 atom stereocenters. The van der Waals surface area contributed by atoms with E-state index in [1.165, 1.54) is 0 Å². The Kier molecular flexibility index (Phi) is 7.69. The second kappa shape index (κ2) is 11.1. The van der Waals surface area contributed by atoms with Crippen molar-refractivity contribution in [3.05, 3.63) is 84.2 Å². The number of amides is 1. The number of benzene rings is 2. The topological polar surface area (TPSA) is 50.6 Å². The number of hydrogen-bond acceptors (Lipinski definition) is 4. The molecule has 1 aliphatic rings. The summed E-state index contributed by atoms with van der Waals surface area (Å²) in [5.74, 6) is 0.182. The van der Waals surface area contributed by atoms with Crippen LogP contribution in [0.25, 0.3) is 5.69 Å². The molecular weight excluding hydrogens is 400 g/mol. The fraction of sp³-hybridized carbons (Fsp3) is 0.385. The molecule has 32 heavy (non-hydrogen) atoms. The van der Waals surface area contributed by atoms with Gasteiger partial charge in [0.25, 0.3) is 0 Å². The Labute approximate surface area is 190 Å². The molecule has 2 aromatic carbocycles. The van der Waals surface area contributed by atoms with Gasteiger partial charge in [0.1, 0.15) is 0 Å². The molecule has 6 nitrogen and oxygen atoms in total. The lowest BCUT2D eigenvalue weighted by atomic mass is 10.1. The molecule has 2 heterocycles. The van der Waals surface area contributed by atoms with Crippen LogP contribution < -0.4 is 0 Å². The third kappa shape index (κ3) is 6.05. The summed E-state index contributed by atoms with van der Waals surface area (Å²) in [6.07, 6.45) is 5.03. The van der Waals surface area contributed by atoms with Crippen LogP contribution in [0, 0.1) is 0 Å². The summed E-state index contributed by atoms with van der Waals surface area (Å²) in [6.45, 7) is 7.05. The normalized spacial score (nSPS) is 15.4. The maximum absolute atomic E-state index is 13.3. The van der Waals surface area contributed by atoms with E-state index in [1.54, 1.807) is 0 Å². The van der Waals surface area contributed by atoms with Crippen molar-refractivity contribution in [1.29, 1.82) is 0 Å². The average Bonchev–Trinajstić information content (AvgIpc) is 3.32. The van der Waals surface area contributed by atoms with Gasteiger partial charge in [-0.2, -0.15) is 5.10 Å². The minimum Gasteiger partial charge on any atom is -0.379 e. The second-order valence-corrected chi connectivity index (χ2v) is 8.40. The van der Waals surface area contributed by atoms with Crippen LogP contribution in [0.5, 0.6) is 0 Å². The van der Waals surface area contributed by atoms with Gasteiger partial charge in [0.15, 0.2) is 0 Å². The summed E-state index contributed by atoms with van der Waals surface area (Å²) in [5.41, 5.74) is 3.25. The third-order valence-electron chi connectivity index (χ3n) is 5.96. The van der Waals surface area contributed by atoms with Crippen LogP contribution in [0.1, 0.15) is 24.5 Å². The minimum absolute atomic E-state index is 0.132. The third-order valence-corrected chi connectivity index (χ3v) is 5.96. The van der Waals surface area contributed by atoms with Gasteiger partial charge in [-0.15, -0.1) is 0 Å². The molecule has 0 bridgehead atoms. The van der Waals surface area contributed by atoms with Crippen molar-refractivity contribution in [2.75, 3.05) is 32.8 Å². The van der Waals surface area contributed by atoms with E-state index in [0.717, 1.165) is 49.7 Å². The summed E-state index contributed by atoms with van der Waals surface area (Å²) >= 11 is 0. The van der Waals surface area contributed by atoms with Crippen molar-refractivity contribution < 1.29 is 9.53 Å². The molecule has 1 fully saturated rings. The molecule has 6 heteroatoms. The fourth-order valence-electron chi connectivity index (χ4n) is 4.13. The molecule has 168 valence electrons. The van der Waals surface area contributed by atoms with Crippen LogP contribution in [0.3, 0.4) is 0 Å².